The van der Waals surface area contributed by atoms with Crippen molar-refractivity contribution in [2.45, 2.75) is 19.4 Å². The molecule has 0 aromatic carbocycles. The normalized spacial score (nSPS) is 15.2. The number of nitrogens with two attached hydrogens (primary N) is 1. The molecule has 0 saturated heterocycles. The third kappa shape index (κ3) is 3.61. The van der Waals surface area contributed by atoms with Crippen LogP contribution in [-0.2, 0) is 16.4 Å². The zero-order valence-corrected chi connectivity index (χ0v) is 11.6. The maximum absolute atomic E-state index is 11.1. The number of hydrogen-bond acceptors (Lipinski definition) is 6. The molecule has 7 nitrogen and oxygen atoms in total. The summed E-state index contributed by atoms with van der Waals surface area (Å²) < 4.78 is 23.6. The lowest BCUT2D eigenvalue weighted by Crippen LogP contribution is -2.14. The summed E-state index contributed by atoms with van der Waals surface area (Å²) in [7, 11) is -3.08. The Balaban J connectivity index is 2.12. The van der Waals surface area contributed by atoms with Gasteiger partial charge >= 0.3 is 0 Å². The average molecular weight is 283 g/mol. The number of nitriles is 1. The van der Waals surface area contributed by atoms with Gasteiger partial charge in [0.25, 0.3) is 0 Å². The summed E-state index contributed by atoms with van der Waals surface area (Å²) in [6.07, 6.45) is 3.54. The van der Waals surface area contributed by atoms with E-state index in [0.29, 0.717) is 11.7 Å². The van der Waals surface area contributed by atoms with Crippen molar-refractivity contribution in [2.75, 3.05) is 29.6 Å². The standard InChI is InChI=1S/C11H17N5O2S/c1-19(17,18)5-4-16-10(13)9(6-12)11(15-16)14-7-8-2-3-8/h8H,2-5,7,13H2,1H3,(H,14,15). The van der Waals surface area contributed by atoms with E-state index in [0.717, 1.165) is 12.8 Å². The van der Waals surface area contributed by atoms with Crippen molar-refractivity contribution in [3.05, 3.63) is 5.56 Å². The Morgan fingerprint density at radius 1 is 1.58 bits per heavy atom. The fraction of sp³-hybridized carbons (Fsp3) is 0.636. The highest BCUT2D eigenvalue weighted by Crippen LogP contribution is 2.29. The average Bonchev–Trinajstić information content (AvgIpc) is 3.09. The molecule has 1 aliphatic rings. The van der Waals surface area contributed by atoms with E-state index in [1.165, 1.54) is 17.5 Å². The number of anilines is 2. The van der Waals surface area contributed by atoms with Crippen LogP contribution in [0.15, 0.2) is 0 Å². The Labute approximate surface area is 112 Å². The fourth-order valence-electron chi connectivity index (χ4n) is 1.69. The highest BCUT2D eigenvalue weighted by atomic mass is 32.2. The molecule has 1 aromatic rings. The van der Waals surface area contributed by atoms with Crippen molar-refractivity contribution >= 4 is 21.5 Å². The van der Waals surface area contributed by atoms with Gasteiger partial charge in [-0.05, 0) is 18.8 Å². The summed E-state index contributed by atoms with van der Waals surface area (Å²) in [5.74, 6) is 1.25. The van der Waals surface area contributed by atoms with Crippen molar-refractivity contribution in [3.63, 3.8) is 0 Å². The zero-order valence-electron chi connectivity index (χ0n) is 10.8. The van der Waals surface area contributed by atoms with Gasteiger partial charge in [0.05, 0.1) is 12.3 Å². The Hall–Kier alpha value is -1.75. The van der Waals surface area contributed by atoms with E-state index in [9.17, 15) is 8.42 Å². The quantitative estimate of drug-likeness (QED) is 0.771. The van der Waals surface area contributed by atoms with Crippen LogP contribution in [-0.4, -0.2) is 36.8 Å². The summed E-state index contributed by atoms with van der Waals surface area (Å²) in [5.41, 5.74) is 6.10. The summed E-state index contributed by atoms with van der Waals surface area (Å²) in [6, 6.07) is 2.01. The SMILES string of the molecule is CS(=O)(=O)CCn1nc(NCC2CC2)c(C#N)c1N. The fourth-order valence-corrected chi connectivity index (χ4v) is 2.20. The number of hydrogen-bond donors (Lipinski definition) is 2. The molecule has 1 saturated carbocycles. The third-order valence-electron chi connectivity index (χ3n) is 3.03. The first-order valence-electron chi connectivity index (χ1n) is 6.08. The van der Waals surface area contributed by atoms with E-state index in [4.69, 9.17) is 11.0 Å². The first kappa shape index (κ1) is 13.7. The molecule has 0 bridgehead atoms. The van der Waals surface area contributed by atoms with E-state index >= 15 is 0 Å². The molecular weight excluding hydrogens is 266 g/mol. The summed E-state index contributed by atoms with van der Waals surface area (Å²) >= 11 is 0. The van der Waals surface area contributed by atoms with Crippen LogP contribution in [0, 0.1) is 17.2 Å². The molecule has 1 fully saturated rings. The van der Waals surface area contributed by atoms with Gasteiger partial charge in [0, 0.05) is 12.8 Å². The minimum absolute atomic E-state index is 0.0498. The number of sulfone groups is 1. The first-order valence-corrected chi connectivity index (χ1v) is 8.14. The maximum atomic E-state index is 11.1. The highest BCUT2D eigenvalue weighted by Gasteiger charge is 2.23. The monoisotopic (exact) mass is 283 g/mol. The van der Waals surface area contributed by atoms with E-state index in [1.54, 1.807) is 0 Å². The van der Waals surface area contributed by atoms with Crippen LogP contribution in [0.2, 0.25) is 0 Å². The molecule has 0 atom stereocenters. The number of nitrogen functional groups attached to an aromatic ring is 1. The van der Waals surface area contributed by atoms with Gasteiger partial charge in [0.15, 0.2) is 5.82 Å². The van der Waals surface area contributed by atoms with E-state index in [2.05, 4.69) is 10.4 Å². The maximum Gasteiger partial charge on any atom is 0.168 e. The van der Waals surface area contributed by atoms with Crippen LogP contribution in [0.5, 0.6) is 0 Å². The second-order valence-corrected chi connectivity index (χ2v) is 7.16. The number of nitrogens with zero attached hydrogens (tertiary/aromatic N) is 3. The zero-order chi connectivity index (χ0) is 14.0. The Morgan fingerprint density at radius 3 is 2.79 bits per heavy atom. The predicted molar refractivity (Wildman–Crippen MR) is 72.3 cm³/mol. The van der Waals surface area contributed by atoms with Gasteiger partial charge < -0.3 is 11.1 Å². The molecule has 1 aromatic heterocycles. The van der Waals surface area contributed by atoms with Gasteiger partial charge in [0.1, 0.15) is 27.3 Å². The molecule has 1 heterocycles. The van der Waals surface area contributed by atoms with Crippen LogP contribution < -0.4 is 11.1 Å². The molecule has 8 heteroatoms. The Morgan fingerprint density at radius 2 is 2.26 bits per heavy atom. The molecule has 0 aliphatic heterocycles. The number of nitrogens with one attached hydrogen (secondary N) is 1. The topological polar surface area (TPSA) is 114 Å². The molecule has 3 N–H and O–H groups in total. The van der Waals surface area contributed by atoms with Crippen LogP contribution in [0.4, 0.5) is 11.6 Å². The van der Waals surface area contributed by atoms with Gasteiger partial charge in [-0.1, -0.05) is 0 Å². The van der Waals surface area contributed by atoms with Crippen LogP contribution in [0.1, 0.15) is 18.4 Å². The van der Waals surface area contributed by atoms with E-state index in [1.807, 2.05) is 6.07 Å². The summed E-state index contributed by atoms with van der Waals surface area (Å²) in [5, 5.41) is 16.4. The first-order chi connectivity index (χ1) is 8.90. The molecule has 2 rings (SSSR count). The van der Waals surface area contributed by atoms with E-state index in [-0.39, 0.29) is 23.7 Å². The molecule has 19 heavy (non-hydrogen) atoms. The van der Waals surface area contributed by atoms with Gasteiger partial charge in [0.2, 0.25) is 0 Å². The largest absolute Gasteiger partial charge is 0.383 e. The van der Waals surface area contributed by atoms with Gasteiger partial charge in [-0.15, -0.1) is 0 Å². The van der Waals surface area contributed by atoms with Gasteiger partial charge in [-0.25, -0.2) is 13.1 Å². The van der Waals surface area contributed by atoms with Crippen molar-refractivity contribution in [2.24, 2.45) is 5.92 Å². The van der Waals surface area contributed by atoms with Crippen molar-refractivity contribution in [3.8, 4) is 6.07 Å². The van der Waals surface area contributed by atoms with Crippen LogP contribution in [0.3, 0.4) is 0 Å². The van der Waals surface area contributed by atoms with E-state index < -0.39 is 9.84 Å². The molecule has 0 unspecified atom stereocenters. The Kier molecular flexibility index (Phi) is 3.66. The second kappa shape index (κ2) is 5.09. The van der Waals surface area contributed by atoms with Crippen molar-refractivity contribution < 1.29 is 8.42 Å². The third-order valence-corrected chi connectivity index (χ3v) is 3.96. The van der Waals surface area contributed by atoms with Crippen LogP contribution >= 0.6 is 0 Å². The molecule has 0 amide bonds. The number of aryl methyl sites for hydroxylation is 1. The summed E-state index contributed by atoms with van der Waals surface area (Å²) in [6.45, 7) is 0.932. The molecular formula is C11H17N5O2S. The van der Waals surface area contributed by atoms with Crippen molar-refractivity contribution in [1.29, 1.82) is 5.26 Å². The smallest absolute Gasteiger partial charge is 0.168 e. The van der Waals surface area contributed by atoms with Gasteiger partial charge in [-0.2, -0.15) is 10.4 Å². The number of rotatable bonds is 6. The minimum Gasteiger partial charge on any atom is -0.383 e. The molecule has 0 spiro atoms. The molecule has 104 valence electrons. The molecule has 0 radical (unpaired) electrons. The van der Waals surface area contributed by atoms with Crippen LogP contribution in [0.25, 0.3) is 0 Å². The number of aromatic nitrogens is 2. The lowest BCUT2D eigenvalue weighted by molar-refractivity contribution is 0.588. The predicted octanol–water partition coefficient (Wildman–Crippen LogP) is 0.203. The summed E-state index contributed by atoms with van der Waals surface area (Å²) in [4.78, 5) is 0. The second-order valence-electron chi connectivity index (χ2n) is 4.90. The van der Waals surface area contributed by atoms with Gasteiger partial charge in [-0.3, -0.25) is 0 Å². The highest BCUT2D eigenvalue weighted by molar-refractivity contribution is 7.90. The lowest BCUT2D eigenvalue weighted by Gasteiger charge is -2.02. The lowest BCUT2D eigenvalue weighted by atomic mass is 10.3. The van der Waals surface area contributed by atoms with Crippen molar-refractivity contribution in [1.82, 2.24) is 9.78 Å². The Bertz CT molecular complexity index is 610. The minimum atomic E-state index is -3.08. The molecule has 1 aliphatic carbocycles.